The van der Waals surface area contributed by atoms with Gasteiger partial charge in [-0.15, -0.1) is 0 Å². The zero-order valence-corrected chi connectivity index (χ0v) is 4.79. The molecule has 0 aromatic heterocycles. The molecule has 0 unspecified atom stereocenters. The average molecular weight is 90.0 g/mol. The van der Waals surface area contributed by atoms with Gasteiger partial charge in [-0.3, -0.25) is 0 Å². The fourth-order valence-corrected chi connectivity index (χ4v) is 0. The maximum absolute atomic E-state index is 9.50. The highest BCUT2D eigenvalue weighted by atomic mass is 19.1. The molecule has 0 fully saturated rings. The molecule has 0 rings (SSSR count). The lowest BCUT2D eigenvalue weighted by Crippen LogP contribution is -1.47. The summed E-state index contributed by atoms with van der Waals surface area (Å²) in [6, 6.07) is 0. The molecule has 0 N–H and O–H groups in total. The minimum Gasteiger partial charge on any atom is -0.347 e. The van der Waals surface area contributed by atoms with Crippen molar-refractivity contribution in [3.05, 3.63) is 0 Å². The first-order valence-corrected chi connectivity index (χ1v) is 2.29. The number of hydrogen-bond donors (Lipinski definition) is 0. The number of hydrogen-bond acceptors (Lipinski definition) is 0. The van der Waals surface area contributed by atoms with Gasteiger partial charge in [-0.2, -0.15) is 0 Å². The van der Waals surface area contributed by atoms with E-state index in [1.807, 2.05) is 0 Å². The Hall–Kier alpha value is -0.00506. The van der Waals surface area contributed by atoms with Gasteiger partial charge in [0.15, 0.2) is 0 Å². The maximum atomic E-state index is 9.50. The van der Waals surface area contributed by atoms with Gasteiger partial charge in [-0.1, -0.05) is 26.7 Å². The minimum absolute atomic E-state index is 0.500. The van der Waals surface area contributed by atoms with E-state index in [0.717, 1.165) is 0 Å². The summed E-state index contributed by atoms with van der Waals surface area (Å²) < 4.78 is 9.50. The van der Waals surface area contributed by atoms with Gasteiger partial charge in [0.05, 0.1) is 0 Å². The predicted octanol–water partition coefficient (Wildman–Crippen LogP) is 1.31. The van der Waals surface area contributed by atoms with Crippen LogP contribution in [-0.2, 0) is 0 Å². The van der Waals surface area contributed by atoms with E-state index < -0.39 is 0 Å². The van der Waals surface area contributed by atoms with Crippen molar-refractivity contribution in [2.75, 3.05) is 0 Å². The summed E-state index contributed by atoms with van der Waals surface area (Å²) in [4.78, 5) is 0. The van der Waals surface area contributed by atoms with Gasteiger partial charge in [0.2, 0.25) is 0 Å². The molecule has 0 aliphatic heterocycles. The van der Waals surface area contributed by atoms with Crippen molar-refractivity contribution in [2.45, 2.75) is 26.7 Å². The van der Waals surface area contributed by atoms with Gasteiger partial charge in [0.25, 0.3) is 0 Å². The molecular formula is C4H12BF. The van der Waals surface area contributed by atoms with Crippen LogP contribution in [0, 0.1) is 0 Å². The summed E-state index contributed by atoms with van der Waals surface area (Å²) in [5.74, 6) is 0. The van der Waals surface area contributed by atoms with Crippen LogP contribution in [0.4, 0.5) is 4.32 Å². The molecule has 0 aromatic rings. The Morgan fingerprint density at radius 2 is 1.33 bits per heavy atom. The quantitative estimate of drug-likeness (QED) is 0.426. The fourth-order valence-electron chi connectivity index (χ4n) is 0. The molecule has 0 nitrogen and oxygen atoms in total. The first-order chi connectivity index (χ1) is 2.91. The van der Waals surface area contributed by atoms with E-state index in [9.17, 15) is 4.32 Å². The normalized spacial score (nSPS) is 5.83. The Labute approximate surface area is 40.2 Å². The van der Waals surface area contributed by atoms with E-state index >= 15 is 0 Å². The molecule has 2 heteroatoms. The zero-order valence-electron chi connectivity index (χ0n) is 4.79. The van der Waals surface area contributed by atoms with E-state index in [2.05, 4.69) is 13.8 Å². The van der Waals surface area contributed by atoms with Crippen molar-refractivity contribution >= 4 is 8.12 Å². The number of rotatable bonds is 1. The van der Waals surface area contributed by atoms with Crippen molar-refractivity contribution in [3.63, 3.8) is 0 Å². The summed E-state index contributed by atoms with van der Waals surface area (Å²) in [6.45, 7) is 4.36. The van der Waals surface area contributed by atoms with Crippen molar-refractivity contribution in [3.8, 4) is 0 Å². The van der Waals surface area contributed by atoms with Gasteiger partial charge < -0.3 is 4.32 Å². The Morgan fingerprint density at radius 1 is 1.17 bits per heavy atom. The molecule has 0 amide bonds. The smallest absolute Gasteiger partial charge is 0.314 e. The summed E-state index contributed by atoms with van der Waals surface area (Å²) in [5, 5.41) is 0. The molecule has 0 radical (unpaired) electrons. The van der Waals surface area contributed by atoms with E-state index in [-0.39, 0.29) is 0 Å². The molecule has 0 heterocycles. The third-order valence-electron chi connectivity index (χ3n) is 0.500. The average Bonchev–Trinajstić information content (AvgIpc) is 1.72. The van der Waals surface area contributed by atoms with Crippen LogP contribution < -0.4 is 0 Å². The summed E-state index contributed by atoms with van der Waals surface area (Å²) >= 11 is 0. The van der Waals surface area contributed by atoms with Crippen LogP contribution in [0.5, 0.6) is 0 Å². The fraction of sp³-hybridized carbons (Fsp3) is 1.00. The molecule has 6 heavy (non-hydrogen) atoms. The molecular weight excluding hydrogens is 77.9 g/mol. The highest BCUT2D eigenvalue weighted by molar-refractivity contribution is 5.96. The lowest BCUT2D eigenvalue weighted by molar-refractivity contribution is 0.886. The molecule has 0 saturated heterocycles. The highest BCUT2D eigenvalue weighted by Gasteiger charge is 1.56. The Balaban J connectivity index is 0. The van der Waals surface area contributed by atoms with Crippen LogP contribution >= 0.6 is 0 Å². The molecule has 0 aliphatic carbocycles. The van der Waals surface area contributed by atoms with Crippen LogP contribution in [0.2, 0.25) is 0 Å². The molecule has 38 valence electrons. The molecule has 0 aromatic carbocycles. The maximum Gasteiger partial charge on any atom is 0.314 e. The van der Waals surface area contributed by atoms with Crippen LogP contribution in [0.25, 0.3) is 0 Å². The van der Waals surface area contributed by atoms with Gasteiger partial charge in [0.1, 0.15) is 0 Å². The summed E-state index contributed by atoms with van der Waals surface area (Å²) in [5.41, 5.74) is 0. The van der Waals surface area contributed by atoms with Gasteiger partial charge in [0, 0.05) is 0 Å². The molecule has 0 aliphatic rings. The third-order valence-corrected chi connectivity index (χ3v) is 0.500. The summed E-state index contributed by atoms with van der Waals surface area (Å²) in [7, 11) is 0.500. The second kappa shape index (κ2) is 20.0. The summed E-state index contributed by atoms with van der Waals surface area (Å²) in [6.07, 6.45) is 2.64. The highest BCUT2D eigenvalue weighted by Crippen LogP contribution is 1.76. The molecule has 0 atom stereocenters. The third kappa shape index (κ3) is 36.2. The van der Waals surface area contributed by atoms with Crippen molar-refractivity contribution in [1.29, 1.82) is 0 Å². The minimum atomic E-state index is 0.500. The predicted molar refractivity (Wildman–Crippen MR) is 30.2 cm³/mol. The van der Waals surface area contributed by atoms with Gasteiger partial charge >= 0.3 is 8.12 Å². The van der Waals surface area contributed by atoms with Gasteiger partial charge in [-0.25, -0.2) is 0 Å². The standard InChI is InChI=1S/C4H10.BFH2/c1-3-4-2;1-2/h3-4H2,1-2H3;1H2. The number of unbranched alkanes of at least 4 members (excludes halogenated alkanes) is 1. The lowest BCUT2D eigenvalue weighted by atomic mass is 10.4. The van der Waals surface area contributed by atoms with Crippen LogP contribution in [0.1, 0.15) is 26.7 Å². The van der Waals surface area contributed by atoms with Gasteiger partial charge in [-0.05, 0) is 0 Å². The monoisotopic (exact) mass is 90.1 g/mol. The van der Waals surface area contributed by atoms with Crippen molar-refractivity contribution in [2.24, 2.45) is 0 Å². The first-order valence-electron chi connectivity index (χ1n) is 2.29. The Kier molecular flexibility index (Phi) is 31.3. The first kappa shape index (κ1) is 9.37. The molecule has 0 spiro atoms. The lowest BCUT2D eigenvalue weighted by Gasteiger charge is -1.68. The van der Waals surface area contributed by atoms with E-state index in [1.54, 1.807) is 0 Å². The van der Waals surface area contributed by atoms with E-state index in [4.69, 9.17) is 0 Å². The zero-order chi connectivity index (χ0) is 5.41. The second-order valence-electron chi connectivity index (χ2n) is 1.000. The van der Waals surface area contributed by atoms with Crippen LogP contribution in [-0.4, -0.2) is 8.12 Å². The Bertz CT molecular complexity index is 9.51. The number of halogens is 1. The topological polar surface area (TPSA) is 0 Å². The van der Waals surface area contributed by atoms with Crippen LogP contribution in [0.15, 0.2) is 0 Å². The largest absolute Gasteiger partial charge is 0.347 e. The molecule has 0 bridgehead atoms. The second-order valence-corrected chi connectivity index (χ2v) is 1.000. The van der Waals surface area contributed by atoms with Crippen LogP contribution in [0.3, 0.4) is 0 Å². The Morgan fingerprint density at radius 3 is 1.33 bits per heavy atom. The molecule has 0 saturated carbocycles. The van der Waals surface area contributed by atoms with E-state index in [1.165, 1.54) is 12.8 Å². The van der Waals surface area contributed by atoms with Crippen molar-refractivity contribution < 1.29 is 4.32 Å². The van der Waals surface area contributed by atoms with Crippen molar-refractivity contribution in [1.82, 2.24) is 0 Å². The van der Waals surface area contributed by atoms with E-state index in [0.29, 0.717) is 8.12 Å². The SMILES string of the molecule is BF.CCCC.